The summed E-state index contributed by atoms with van der Waals surface area (Å²) in [4.78, 5) is 6.72. The summed E-state index contributed by atoms with van der Waals surface area (Å²) in [6.07, 6.45) is 0.651. The molecule has 1 aliphatic rings. The minimum Gasteiger partial charge on any atom is -0.497 e. The first-order valence-electron chi connectivity index (χ1n) is 8.20. The van der Waals surface area contributed by atoms with Crippen molar-refractivity contribution in [1.29, 1.82) is 0 Å². The summed E-state index contributed by atoms with van der Waals surface area (Å²) < 4.78 is 35.1. The van der Waals surface area contributed by atoms with Crippen LogP contribution in [0.3, 0.4) is 0 Å². The molecule has 7 nitrogen and oxygen atoms in total. The molecule has 1 aromatic carbocycles. The predicted octanol–water partition coefficient (Wildman–Crippen LogP) is 1.61. The molecule has 0 unspecified atom stereocenters. The van der Waals surface area contributed by atoms with Gasteiger partial charge in [-0.1, -0.05) is 12.1 Å². The van der Waals surface area contributed by atoms with Crippen molar-refractivity contribution in [2.45, 2.75) is 13.3 Å². The van der Waals surface area contributed by atoms with Crippen molar-refractivity contribution in [2.75, 3.05) is 43.9 Å². The third-order valence-corrected chi connectivity index (χ3v) is 6.92. The highest BCUT2D eigenvalue weighted by Crippen LogP contribution is 2.22. The molecule has 9 heteroatoms. The van der Waals surface area contributed by atoms with Crippen LogP contribution in [0.15, 0.2) is 24.3 Å². The Kier molecular flexibility index (Phi) is 5.55. The first-order chi connectivity index (χ1) is 12.0. The molecular formula is C16H22N4O3S2. The van der Waals surface area contributed by atoms with Gasteiger partial charge in [-0.3, -0.25) is 0 Å². The molecule has 0 bridgehead atoms. The Morgan fingerprint density at radius 2 is 2.00 bits per heavy atom. The summed E-state index contributed by atoms with van der Waals surface area (Å²) in [7, 11) is -1.46. The molecule has 136 valence electrons. The zero-order chi connectivity index (χ0) is 17.9. The molecule has 0 aliphatic carbocycles. The molecule has 0 amide bonds. The van der Waals surface area contributed by atoms with Gasteiger partial charge in [0.05, 0.1) is 12.9 Å². The molecule has 0 saturated carbocycles. The highest BCUT2D eigenvalue weighted by Gasteiger charge is 2.26. The molecule has 0 N–H and O–H groups in total. The summed E-state index contributed by atoms with van der Waals surface area (Å²) in [5.74, 6) is 1.74. The lowest BCUT2D eigenvalue weighted by Gasteiger charge is -2.33. The molecule has 1 saturated heterocycles. The summed E-state index contributed by atoms with van der Waals surface area (Å²) in [6.45, 7) is 3.97. The SMILES string of the molecule is CCS(=O)(=O)N1CCN(c2nc(Cc3cccc(OC)c3)ns2)CC1. The van der Waals surface area contributed by atoms with Crippen LogP contribution in [0.5, 0.6) is 5.75 Å². The summed E-state index contributed by atoms with van der Waals surface area (Å²) >= 11 is 1.37. The van der Waals surface area contributed by atoms with Crippen LogP contribution in [0.25, 0.3) is 0 Å². The van der Waals surface area contributed by atoms with E-state index in [1.807, 2.05) is 24.3 Å². The molecule has 0 spiro atoms. The van der Waals surface area contributed by atoms with E-state index in [9.17, 15) is 8.42 Å². The normalized spacial score (nSPS) is 16.2. The standard InChI is InChI=1S/C16H22N4O3S2/c1-3-25(21,22)20-9-7-19(8-10-20)16-17-15(18-24-16)12-13-5-4-6-14(11-13)23-2/h4-6,11H,3,7-10,12H2,1-2H3. The zero-order valence-corrected chi connectivity index (χ0v) is 16.0. The molecule has 2 aromatic rings. The lowest BCUT2D eigenvalue weighted by atomic mass is 10.1. The van der Waals surface area contributed by atoms with Crippen LogP contribution in [0.1, 0.15) is 18.3 Å². The Hall–Kier alpha value is -1.71. The average molecular weight is 383 g/mol. The van der Waals surface area contributed by atoms with Crippen molar-refractivity contribution in [3.05, 3.63) is 35.7 Å². The maximum Gasteiger partial charge on any atom is 0.213 e. The lowest BCUT2D eigenvalue weighted by Crippen LogP contribution is -2.49. The smallest absolute Gasteiger partial charge is 0.213 e. The Morgan fingerprint density at radius 1 is 1.24 bits per heavy atom. The average Bonchev–Trinajstić information content (AvgIpc) is 3.10. The minimum atomic E-state index is -3.11. The lowest BCUT2D eigenvalue weighted by molar-refractivity contribution is 0.385. The second-order valence-corrected chi connectivity index (χ2v) is 8.80. The monoisotopic (exact) mass is 382 g/mol. The van der Waals surface area contributed by atoms with Gasteiger partial charge in [-0.15, -0.1) is 0 Å². The third-order valence-electron chi connectivity index (χ3n) is 4.22. The second-order valence-electron chi connectivity index (χ2n) is 5.81. The van der Waals surface area contributed by atoms with Gasteiger partial charge in [-0.2, -0.15) is 8.68 Å². The predicted molar refractivity (Wildman–Crippen MR) is 99.0 cm³/mol. The highest BCUT2D eigenvalue weighted by atomic mass is 32.2. The van der Waals surface area contributed by atoms with E-state index in [1.165, 1.54) is 11.5 Å². The van der Waals surface area contributed by atoms with E-state index in [1.54, 1.807) is 18.3 Å². The van der Waals surface area contributed by atoms with E-state index in [2.05, 4.69) is 14.3 Å². The Bertz CT molecular complexity index is 814. The Labute approximate surface area is 152 Å². The maximum atomic E-state index is 11.9. The van der Waals surface area contributed by atoms with E-state index in [0.717, 1.165) is 22.3 Å². The molecule has 2 heterocycles. The number of ether oxygens (including phenoxy) is 1. The van der Waals surface area contributed by atoms with Crippen molar-refractivity contribution in [3.63, 3.8) is 0 Å². The van der Waals surface area contributed by atoms with Crippen LogP contribution in [-0.4, -0.2) is 61.1 Å². The number of hydrogen-bond acceptors (Lipinski definition) is 7. The van der Waals surface area contributed by atoms with Crippen LogP contribution in [-0.2, 0) is 16.4 Å². The number of piperazine rings is 1. The van der Waals surface area contributed by atoms with E-state index < -0.39 is 10.0 Å². The number of aromatic nitrogens is 2. The highest BCUT2D eigenvalue weighted by molar-refractivity contribution is 7.89. The molecule has 0 atom stereocenters. The van der Waals surface area contributed by atoms with Gasteiger partial charge in [0.25, 0.3) is 0 Å². The fraction of sp³-hybridized carbons (Fsp3) is 0.500. The third kappa shape index (κ3) is 4.28. The van der Waals surface area contributed by atoms with Crippen molar-refractivity contribution in [1.82, 2.24) is 13.7 Å². The first-order valence-corrected chi connectivity index (χ1v) is 10.6. The number of hydrogen-bond donors (Lipinski definition) is 0. The van der Waals surface area contributed by atoms with Gasteiger partial charge < -0.3 is 9.64 Å². The van der Waals surface area contributed by atoms with Crippen molar-refractivity contribution in [2.24, 2.45) is 0 Å². The molecular weight excluding hydrogens is 360 g/mol. The molecule has 1 fully saturated rings. The number of benzene rings is 1. The fourth-order valence-corrected chi connectivity index (χ4v) is 4.57. The van der Waals surface area contributed by atoms with Gasteiger partial charge in [0.1, 0.15) is 11.6 Å². The number of anilines is 1. The van der Waals surface area contributed by atoms with Gasteiger partial charge in [-0.25, -0.2) is 13.4 Å². The largest absolute Gasteiger partial charge is 0.497 e. The number of rotatable bonds is 6. The molecule has 1 aromatic heterocycles. The number of sulfonamides is 1. The molecule has 3 rings (SSSR count). The van der Waals surface area contributed by atoms with Crippen LogP contribution in [0.4, 0.5) is 5.13 Å². The van der Waals surface area contributed by atoms with Crippen molar-refractivity contribution < 1.29 is 13.2 Å². The van der Waals surface area contributed by atoms with E-state index >= 15 is 0 Å². The molecule has 25 heavy (non-hydrogen) atoms. The van der Waals surface area contributed by atoms with E-state index in [-0.39, 0.29) is 5.75 Å². The molecule has 0 radical (unpaired) electrons. The second kappa shape index (κ2) is 7.67. The molecule has 1 aliphatic heterocycles. The summed E-state index contributed by atoms with van der Waals surface area (Å²) in [5.41, 5.74) is 1.10. The van der Waals surface area contributed by atoms with Crippen LogP contribution in [0, 0.1) is 0 Å². The topological polar surface area (TPSA) is 75.6 Å². The van der Waals surface area contributed by atoms with Crippen LogP contribution in [0.2, 0.25) is 0 Å². The minimum absolute atomic E-state index is 0.149. The van der Waals surface area contributed by atoms with Crippen LogP contribution >= 0.6 is 11.5 Å². The van der Waals surface area contributed by atoms with Gasteiger partial charge in [-0.05, 0) is 24.6 Å². The van der Waals surface area contributed by atoms with Gasteiger partial charge in [0.2, 0.25) is 15.2 Å². The fourth-order valence-electron chi connectivity index (χ4n) is 2.75. The maximum absolute atomic E-state index is 11.9. The Balaban J connectivity index is 1.62. The van der Waals surface area contributed by atoms with Crippen molar-refractivity contribution >= 4 is 26.7 Å². The zero-order valence-electron chi connectivity index (χ0n) is 14.4. The number of methoxy groups -OCH3 is 1. The van der Waals surface area contributed by atoms with E-state index in [4.69, 9.17) is 4.74 Å². The summed E-state index contributed by atoms with van der Waals surface area (Å²) in [5, 5.41) is 0.853. The quantitative estimate of drug-likeness (QED) is 0.756. The van der Waals surface area contributed by atoms with Gasteiger partial charge in [0, 0.05) is 44.1 Å². The van der Waals surface area contributed by atoms with E-state index in [0.29, 0.717) is 32.6 Å². The van der Waals surface area contributed by atoms with Crippen LogP contribution < -0.4 is 9.64 Å². The van der Waals surface area contributed by atoms with Crippen molar-refractivity contribution in [3.8, 4) is 5.75 Å². The number of nitrogens with zero attached hydrogens (tertiary/aromatic N) is 4. The van der Waals surface area contributed by atoms with Gasteiger partial charge >= 0.3 is 0 Å². The Morgan fingerprint density at radius 3 is 2.68 bits per heavy atom. The van der Waals surface area contributed by atoms with Gasteiger partial charge in [0.15, 0.2) is 0 Å². The summed E-state index contributed by atoms with van der Waals surface area (Å²) in [6, 6.07) is 7.87. The first kappa shape index (κ1) is 18.1.